The molecule has 2 N–H and O–H groups in total. The van der Waals surface area contributed by atoms with Crippen molar-refractivity contribution in [2.45, 2.75) is 27.7 Å². The first-order valence-electron chi connectivity index (χ1n) is 9.69. The minimum atomic E-state index is -0.612. The number of carbonyl (C=O) groups is 3. The quantitative estimate of drug-likeness (QED) is 0.534. The molecule has 2 aromatic carbocycles. The number of thiophene rings is 1. The molecule has 31 heavy (non-hydrogen) atoms. The summed E-state index contributed by atoms with van der Waals surface area (Å²) >= 11 is 1.05. The zero-order chi connectivity index (χ0) is 22.7. The molecule has 160 valence electrons. The van der Waals surface area contributed by atoms with Crippen LogP contribution in [0.4, 0.5) is 10.7 Å². The smallest absolute Gasteiger partial charge is 0.341 e. The van der Waals surface area contributed by atoms with Gasteiger partial charge in [-0.2, -0.15) is 0 Å². The molecule has 1 aromatic heterocycles. The number of hydrogen-bond acceptors (Lipinski definition) is 5. The van der Waals surface area contributed by atoms with Crippen LogP contribution in [0.5, 0.6) is 0 Å². The molecule has 0 aliphatic heterocycles. The van der Waals surface area contributed by atoms with Crippen LogP contribution in [0, 0.1) is 27.7 Å². The number of aryl methyl sites for hydroxylation is 3. The van der Waals surface area contributed by atoms with Gasteiger partial charge in [0.15, 0.2) is 0 Å². The van der Waals surface area contributed by atoms with Crippen LogP contribution in [0.25, 0.3) is 0 Å². The van der Waals surface area contributed by atoms with Crippen molar-refractivity contribution < 1.29 is 19.1 Å². The molecule has 0 atom stereocenters. The van der Waals surface area contributed by atoms with Crippen LogP contribution in [-0.2, 0) is 4.74 Å². The summed E-state index contributed by atoms with van der Waals surface area (Å²) in [6, 6.07) is 12.9. The van der Waals surface area contributed by atoms with E-state index in [-0.39, 0.29) is 22.4 Å². The minimum Gasteiger partial charge on any atom is -0.465 e. The molecule has 0 aliphatic rings. The fraction of sp³-hybridized carbons (Fsp3) is 0.208. The summed E-state index contributed by atoms with van der Waals surface area (Å²) in [5.41, 5.74) is 4.68. The van der Waals surface area contributed by atoms with Gasteiger partial charge in [-0.05, 0) is 62.6 Å². The highest BCUT2D eigenvalue weighted by Gasteiger charge is 2.27. The topological polar surface area (TPSA) is 84.5 Å². The predicted octanol–water partition coefficient (Wildman–Crippen LogP) is 5.27. The molecule has 0 saturated heterocycles. The molecule has 6 nitrogen and oxygen atoms in total. The second kappa shape index (κ2) is 9.14. The molecule has 0 spiro atoms. The van der Waals surface area contributed by atoms with Gasteiger partial charge in [-0.15, -0.1) is 11.3 Å². The van der Waals surface area contributed by atoms with Crippen molar-refractivity contribution in [1.82, 2.24) is 0 Å². The molecule has 1 heterocycles. The van der Waals surface area contributed by atoms with Crippen LogP contribution in [0.2, 0.25) is 0 Å². The number of ether oxygens (including phenoxy) is 1. The van der Waals surface area contributed by atoms with Crippen molar-refractivity contribution in [1.29, 1.82) is 0 Å². The van der Waals surface area contributed by atoms with Gasteiger partial charge in [-0.1, -0.05) is 29.8 Å². The SMILES string of the molecule is COC(=O)c1c(NC(=O)c2cccc(C)c2)sc(C(=O)Nc2cc(C)ccc2C)c1C. The number of carbonyl (C=O) groups excluding carboxylic acids is 3. The van der Waals surface area contributed by atoms with Gasteiger partial charge in [0, 0.05) is 11.3 Å². The Kier molecular flexibility index (Phi) is 6.56. The Morgan fingerprint density at radius 1 is 0.871 bits per heavy atom. The zero-order valence-corrected chi connectivity index (χ0v) is 18.9. The lowest BCUT2D eigenvalue weighted by Crippen LogP contribution is -2.14. The van der Waals surface area contributed by atoms with Crippen LogP contribution >= 0.6 is 11.3 Å². The third kappa shape index (κ3) is 4.83. The van der Waals surface area contributed by atoms with Gasteiger partial charge >= 0.3 is 5.97 Å². The molecule has 0 bridgehead atoms. The molecule has 3 rings (SSSR count). The number of hydrogen-bond donors (Lipinski definition) is 2. The van der Waals surface area contributed by atoms with Crippen molar-refractivity contribution in [3.8, 4) is 0 Å². The zero-order valence-electron chi connectivity index (χ0n) is 18.1. The van der Waals surface area contributed by atoms with Crippen molar-refractivity contribution in [3.63, 3.8) is 0 Å². The number of esters is 1. The normalized spacial score (nSPS) is 10.5. The number of amides is 2. The van der Waals surface area contributed by atoms with Crippen LogP contribution in [0.15, 0.2) is 42.5 Å². The largest absolute Gasteiger partial charge is 0.465 e. The Bertz CT molecular complexity index is 1180. The maximum absolute atomic E-state index is 13.0. The average Bonchev–Trinajstić information content (AvgIpc) is 3.06. The standard InChI is InChI=1S/C24H24N2O4S/c1-13-7-6-8-17(11-13)21(27)26-23-19(24(29)30-5)16(4)20(31-23)22(28)25-18-12-14(2)9-10-15(18)3/h6-12H,1-5H3,(H,25,28)(H,26,27). The van der Waals surface area contributed by atoms with Crippen molar-refractivity contribution in [2.24, 2.45) is 0 Å². The van der Waals surface area contributed by atoms with Gasteiger partial charge in [0.1, 0.15) is 5.00 Å². The number of rotatable bonds is 5. The second-order valence-electron chi connectivity index (χ2n) is 7.35. The fourth-order valence-corrected chi connectivity index (χ4v) is 4.26. The number of methoxy groups -OCH3 is 1. The van der Waals surface area contributed by atoms with Gasteiger partial charge in [-0.3, -0.25) is 9.59 Å². The number of benzene rings is 2. The first kappa shape index (κ1) is 22.2. The highest BCUT2D eigenvalue weighted by atomic mass is 32.1. The number of nitrogens with one attached hydrogen (secondary N) is 2. The molecule has 0 fully saturated rings. The Morgan fingerprint density at radius 3 is 2.26 bits per heavy atom. The van der Waals surface area contributed by atoms with Crippen molar-refractivity contribution in [2.75, 3.05) is 17.7 Å². The van der Waals surface area contributed by atoms with E-state index in [0.29, 0.717) is 21.7 Å². The van der Waals surface area contributed by atoms with E-state index in [1.165, 1.54) is 7.11 Å². The Hall–Kier alpha value is -3.45. The first-order valence-corrected chi connectivity index (χ1v) is 10.5. The van der Waals surface area contributed by atoms with E-state index in [0.717, 1.165) is 28.0 Å². The maximum Gasteiger partial charge on any atom is 0.341 e. The van der Waals surface area contributed by atoms with Crippen molar-refractivity contribution >= 4 is 39.8 Å². The lowest BCUT2D eigenvalue weighted by molar-refractivity contribution is 0.0601. The Morgan fingerprint density at radius 2 is 1.58 bits per heavy atom. The van der Waals surface area contributed by atoms with Crippen LogP contribution in [0.3, 0.4) is 0 Å². The van der Waals surface area contributed by atoms with E-state index in [4.69, 9.17) is 4.74 Å². The predicted molar refractivity (Wildman–Crippen MR) is 123 cm³/mol. The summed E-state index contributed by atoms with van der Waals surface area (Å²) in [5, 5.41) is 5.95. The van der Waals surface area contributed by atoms with E-state index < -0.39 is 5.97 Å². The lowest BCUT2D eigenvalue weighted by atomic mass is 10.1. The lowest BCUT2D eigenvalue weighted by Gasteiger charge is -2.09. The summed E-state index contributed by atoms with van der Waals surface area (Å²) in [6.45, 7) is 7.41. The van der Waals surface area contributed by atoms with Crippen LogP contribution in [-0.4, -0.2) is 24.9 Å². The summed E-state index contributed by atoms with van der Waals surface area (Å²) in [7, 11) is 1.27. The molecule has 2 amide bonds. The van der Waals surface area contributed by atoms with Crippen LogP contribution < -0.4 is 10.6 Å². The molecule has 0 unspecified atom stereocenters. The summed E-state index contributed by atoms with van der Waals surface area (Å²) < 4.78 is 4.90. The van der Waals surface area contributed by atoms with E-state index >= 15 is 0 Å². The van der Waals surface area contributed by atoms with E-state index in [9.17, 15) is 14.4 Å². The molecule has 0 saturated carbocycles. The van der Waals surface area contributed by atoms with Gasteiger partial charge in [0.2, 0.25) is 0 Å². The molecular formula is C24H24N2O4S. The Labute approximate surface area is 185 Å². The Balaban J connectivity index is 1.96. The maximum atomic E-state index is 13.0. The molecule has 3 aromatic rings. The monoisotopic (exact) mass is 436 g/mol. The van der Waals surface area contributed by atoms with E-state index in [1.54, 1.807) is 25.1 Å². The van der Waals surface area contributed by atoms with E-state index in [1.807, 2.05) is 45.0 Å². The molecule has 0 aliphatic carbocycles. The first-order chi connectivity index (χ1) is 14.7. The highest BCUT2D eigenvalue weighted by Crippen LogP contribution is 2.35. The molecular weight excluding hydrogens is 412 g/mol. The minimum absolute atomic E-state index is 0.180. The van der Waals surface area contributed by atoms with Gasteiger partial charge in [0.05, 0.1) is 17.6 Å². The van der Waals surface area contributed by atoms with Gasteiger partial charge in [0.25, 0.3) is 11.8 Å². The number of anilines is 2. The summed E-state index contributed by atoms with van der Waals surface area (Å²) in [6.07, 6.45) is 0. The van der Waals surface area contributed by atoms with Crippen LogP contribution in [0.1, 0.15) is 52.6 Å². The van der Waals surface area contributed by atoms with Gasteiger partial charge < -0.3 is 15.4 Å². The third-order valence-corrected chi connectivity index (χ3v) is 6.10. The average molecular weight is 437 g/mol. The molecule has 7 heteroatoms. The summed E-state index contributed by atoms with van der Waals surface area (Å²) in [5.74, 6) is -1.33. The van der Waals surface area contributed by atoms with E-state index in [2.05, 4.69) is 10.6 Å². The molecule has 0 radical (unpaired) electrons. The third-order valence-electron chi connectivity index (χ3n) is 4.89. The summed E-state index contributed by atoms with van der Waals surface area (Å²) in [4.78, 5) is 38.5. The second-order valence-corrected chi connectivity index (χ2v) is 8.37. The van der Waals surface area contributed by atoms with Crippen molar-refractivity contribution in [3.05, 3.63) is 80.7 Å². The van der Waals surface area contributed by atoms with Gasteiger partial charge in [-0.25, -0.2) is 4.79 Å². The highest BCUT2D eigenvalue weighted by molar-refractivity contribution is 7.19. The fourth-order valence-electron chi connectivity index (χ4n) is 3.18.